The number of carbonyl (C=O) groups is 1. The minimum Gasteiger partial charge on any atom is -0.454 e. The summed E-state index contributed by atoms with van der Waals surface area (Å²) in [5.41, 5.74) is 0.873. The first-order chi connectivity index (χ1) is 11.9. The highest BCUT2D eigenvalue weighted by atomic mass is 32.2. The van der Waals surface area contributed by atoms with Crippen molar-refractivity contribution in [3.8, 4) is 11.5 Å². The monoisotopic (exact) mass is 366 g/mol. The number of urea groups is 1. The number of ether oxygens (including phenoxy) is 2. The van der Waals surface area contributed by atoms with Gasteiger partial charge in [0.1, 0.15) is 9.84 Å². The lowest BCUT2D eigenvalue weighted by atomic mass is 10.2. The Hall–Kier alpha value is -2.75. The largest absolute Gasteiger partial charge is 0.454 e. The van der Waals surface area contributed by atoms with E-state index < -0.39 is 15.9 Å². The van der Waals surface area contributed by atoms with Crippen molar-refractivity contribution in [2.75, 3.05) is 24.1 Å². The molecule has 2 amide bonds. The molecule has 0 aliphatic carbocycles. The number of carbonyl (C=O) groups excluding carboxylic acids is 1. The van der Waals surface area contributed by atoms with Gasteiger partial charge in [-0.15, -0.1) is 0 Å². The summed E-state index contributed by atoms with van der Waals surface area (Å²) in [6.07, 6.45) is 2.78. The number of sulfone groups is 1. The van der Waals surface area contributed by atoms with Crippen LogP contribution < -0.4 is 20.1 Å². The van der Waals surface area contributed by atoms with Gasteiger partial charge in [-0.3, -0.25) is 10.00 Å². The molecule has 2 heterocycles. The first-order valence-electron chi connectivity index (χ1n) is 7.54. The molecule has 3 rings (SSSR count). The predicted octanol–water partition coefficient (Wildman–Crippen LogP) is 0.978. The summed E-state index contributed by atoms with van der Waals surface area (Å²) in [4.78, 5) is 11.9. The first-order valence-corrected chi connectivity index (χ1v) is 9.60. The summed E-state index contributed by atoms with van der Waals surface area (Å²) in [7, 11) is -3.06. The van der Waals surface area contributed by atoms with Crippen molar-refractivity contribution >= 4 is 21.7 Å². The van der Waals surface area contributed by atoms with E-state index in [2.05, 4.69) is 15.7 Å². The molecule has 2 N–H and O–H groups in total. The van der Waals surface area contributed by atoms with Gasteiger partial charge in [0.05, 0.1) is 12.3 Å². The number of nitrogens with zero attached hydrogens (tertiary/aromatic N) is 2. The number of anilines is 1. The molecule has 0 radical (unpaired) electrons. The fraction of sp³-hybridized carbons (Fsp3) is 0.333. The minimum absolute atomic E-state index is 0.00949. The average molecular weight is 366 g/mol. The van der Waals surface area contributed by atoms with Crippen molar-refractivity contribution in [3.05, 3.63) is 36.0 Å². The Kier molecular flexibility index (Phi) is 4.79. The van der Waals surface area contributed by atoms with Gasteiger partial charge in [-0.1, -0.05) is 6.07 Å². The van der Waals surface area contributed by atoms with Gasteiger partial charge in [0.2, 0.25) is 6.79 Å². The molecule has 1 aromatic heterocycles. The van der Waals surface area contributed by atoms with E-state index in [0.29, 0.717) is 23.9 Å². The molecule has 1 aliphatic heterocycles. The van der Waals surface area contributed by atoms with Gasteiger partial charge in [0.25, 0.3) is 0 Å². The Balaban J connectivity index is 1.48. The predicted molar refractivity (Wildman–Crippen MR) is 90.4 cm³/mol. The van der Waals surface area contributed by atoms with Crippen LogP contribution in [-0.2, 0) is 22.9 Å². The first kappa shape index (κ1) is 17.1. The summed E-state index contributed by atoms with van der Waals surface area (Å²) in [5.74, 6) is 1.68. The van der Waals surface area contributed by atoms with Crippen LogP contribution in [0.15, 0.2) is 30.5 Å². The lowest BCUT2D eigenvalue weighted by Crippen LogP contribution is -2.28. The fourth-order valence-electron chi connectivity index (χ4n) is 2.21. The maximum absolute atomic E-state index is 11.9. The number of rotatable bonds is 6. The standard InChI is InChI=1S/C15H18N4O5S/c1-25(21,22)7-6-19-5-4-14(18-19)17-15(20)16-9-11-2-3-12-13(8-11)24-10-23-12/h2-5,8H,6-7,9-10H2,1H3,(H2,16,17,18,20). The molecule has 134 valence electrons. The molecule has 0 saturated heterocycles. The number of hydrogen-bond donors (Lipinski definition) is 2. The Morgan fingerprint density at radius 2 is 2.08 bits per heavy atom. The number of aryl methyl sites for hydroxylation is 1. The number of fused-ring (bicyclic) bond motifs is 1. The van der Waals surface area contributed by atoms with Crippen LogP contribution in [0.4, 0.5) is 10.6 Å². The number of benzene rings is 1. The number of amides is 2. The van der Waals surface area contributed by atoms with Gasteiger partial charge in [-0.05, 0) is 17.7 Å². The summed E-state index contributed by atoms with van der Waals surface area (Å²) >= 11 is 0. The molecular formula is C15H18N4O5S. The molecule has 0 unspecified atom stereocenters. The van der Waals surface area contributed by atoms with E-state index in [4.69, 9.17) is 9.47 Å². The number of nitrogens with one attached hydrogen (secondary N) is 2. The van der Waals surface area contributed by atoms with E-state index in [-0.39, 0.29) is 19.1 Å². The van der Waals surface area contributed by atoms with E-state index in [1.54, 1.807) is 18.3 Å². The molecule has 9 nitrogen and oxygen atoms in total. The highest BCUT2D eigenvalue weighted by Gasteiger charge is 2.13. The van der Waals surface area contributed by atoms with Crippen molar-refractivity contribution < 1.29 is 22.7 Å². The number of aromatic nitrogens is 2. The maximum atomic E-state index is 11.9. The van der Waals surface area contributed by atoms with Crippen molar-refractivity contribution in [1.82, 2.24) is 15.1 Å². The molecule has 25 heavy (non-hydrogen) atoms. The second-order valence-electron chi connectivity index (χ2n) is 5.59. The van der Waals surface area contributed by atoms with Crippen LogP contribution in [0, 0.1) is 0 Å². The summed E-state index contributed by atoms with van der Waals surface area (Å²) in [6, 6.07) is 6.63. The highest BCUT2D eigenvalue weighted by molar-refractivity contribution is 7.90. The zero-order chi connectivity index (χ0) is 17.9. The maximum Gasteiger partial charge on any atom is 0.320 e. The molecule has 10 heteroatoms. The van der Waals surface area contributed by atoms with Crippen LogP contribution in [0.5, 0.6) is 11.5 Å². The molecule has 0 saturated carbocycles. The third kappa shape index (κ3) is 4.86. The Morgan fingerprint density at radius 1 is 1.28 bits per heavy atom. The average Bonchev–Trinajstić information content (AvgIpc) is 3.18. The van der Waals surface area contributed by atoms with Crippen LogP contribution in [0.2, 0.25) is 0 Å². The molecule has 0 fully saturated rings. The summed E-state index contributed by atoms with van der Waals surface area (Å²) in [5, 5.41) is 9.41. The van der Waals surface area contributed by atoms with E-state index in [1.807, 2.05) is 12.1 Å². The zero-order valence-corrected chi connectivity index (χ0v) is 14.4. The van der Waals surface area contributed by atoms with Crippen molar-refractivity contribution in [1.29, 1.82) is 0 Å². The number of hydrogen-bond acceptors (Lipinski definition) is 6. The lowest BCUT2D eigenvalue weighted by molar-refractivity contribution is 0.174. The Labute approximate surface area is 144 Å². The molecule has 1 aliphatic rings. The second-order valence-corrected chi connectivity index (χ2v) is 7.85. The van der Waals surface area contributed by atoms with Crippen LogP contribution in [0.3, 0.4) is 0 Å². The Bertz CT molecular complexity index is 878. The zero-order valence-electron chi connectivity index (χ0n) is 13.6. The van der Waals surface area contributed by atoms with Crippen molar-refractivity contribution in [2.45, 2.75) is 13.1 Å². The minimum atomic E-state index is -3.06. The molecule has 0 atom stereocenters. The highest BCUT2D eigenvalue weighted by Crippen LogP contribution is 2.32. The van der Waals surface area contributed by atoms with Crippen molar-refractivity contribution in [2.24, 2.45) is 0 Å². The van der Waals surface area contributed by atoms with Gasteiger partial charge in [0, 0.05) is 25.1 Å². The molecular weight excluding hydrogens is 348 g/mol. The van der Waals surface area contributed by atoms with Crippen LogP contribution in [0.1, 0.15) is 5.56 Å². The van der Waals surface area contributed by atoms with Crippen LogP contribution in [0.25, 0.3) is 0 Å². The quantitative estimate of drug-likeness (QED) is 0.788. The smallest absolute Gasteiger partial charge is 0.320 e. The van der Waals surface area contributed by atoms with Crippen LogP contribution >= 0.6 is 0 Å². The van der Waals surface area contributed by atoms with Gasteiger partial charge in [-0.25, -0.2) is 13.2 Å². The molecule has 1 aromatic carbocycles. The molecule has 2 aromatic rings. The summed E-state index contributed by atoms with van der Waals surface area (Å²) in [6.45, 7) is 0.755. The Morgan fingerprint density at radius 3 is 2.88 bits per heavy atom. The van der Waals surface area contributed by atoms with Gasteiger partial charge in [0.15, 0.2) is 17.3 Å². The van der Waals surface area contributed by atoms with E-state index in [0.717, 1.165) is 5.56 Å². The topological polar surface area (TPSA) is 112 Å². The molecule has 0 spiro atoms. The normalized spacial score (nSPS) is 12.8. The van der Waals surface area contributed by atoms with Crippen molar-refractivity contribution in [3.63, 3.8) is 0 Å². The SMILES string of the molecule is CS(=O)(=O)CCn1ccc(NC(=O)NCc2ccc3c(c2)OCO3)n1. The fourth-order valence-corrected chi connectivity index (χ4v) is 2.72. The third-order valence-corrected chi connectivity index (χ3v) is 4.39. The van der Waals surface area contributed by atoms with Gasteiger partial charge < -0.3 is 14.8 Å². The van der Waals surface area contributed by atoms with Gasteiger partial charge >= 0.3 is 6.03 Å². The summed E-state index contributed by atoms with van der Waals surface area (Å²) < 4.78 is 34.3. The second kappa shape index (κ2) is 7.01. The lowest BCUT2D eigenvalue weighted by Gasteiger charge is -2.06. The van der Waals surface area contributed by atoms with E-state index >= 15 is 0 Å². The molecule has 0 bridgehead atoms. The van der Waals surface area contributed by atoms with E-state index in [1.165, 1.54) is 10.9 Å². The van der Waals surface area contributed by atoms with E-state index in [9.17, 15) is 13.2 Å². The van der Waals surface area contributed by atoms with Gasteiger partial charge in [-0.2, -0.15) is 5.10 Å². The van der Waals surface area contributed by atoms with Crippen LogP contribution in [-0.4, -0.2) is 43.0 Å². The third-order valence-electron chi connectivity index (χ3n) is 3.46.